The molecule has 0 N–H and O–H groups in total. The van der Waals surface area contributed by atoms with Crippen molar-refractivity contribution in [2.24, 2.45) is 0 Å². The molecule has 0 spiro atoms. The number of para-hydroxylation sites is 1. The molecule has 0 saturated carbocycles. The van der Waals surface area contributed by atoms with E-state index in [-0.39, 0.29) is 17.3 Å². The third-order valence-electron chi connectivity index (χ3n) is 4.69. The molecule has 6 heteroatoms. The van der Waals surface area contributed by atoms with Gasteiger partial charge in [-0.15, -0.1) is 0 Å². The van der Waals surface area contributed by atoms with Gasteiger partial charge in [-0.1, -0.05) is 18.2 Å². The average molecular weight is 417 g/mol. The van der Waals surface area contributed by atoms with Crippen molar-refractivity contribution in [2.45, 2.75) is 12.8 Å². The number of fused-ring (bicyclic) bond motifs is 1. The maximum Gasteiger partial charge on any atom is 0.189 e. The molecule has 1 aromatic heterocycles. The van der Waals surface area contributed by atoms with E-state index in [1.165, 1.54) is 12.1 Å². The first-order valence-electron chi connectivity index (χ1n) is 8.49. The highest BCUT2D eigenvalue weighted by Gasteiger charge is 2.22. The lowest BCUT2D eigenvalue weighted by molar-refractivity contribution is -0.0399. The molecule has 1 atom stereocenters. The third-order valence-corrected chi connectivity index (χ3v) is 5.33. The first-order chi connectivity index (χ1) is 12.6. The maximum atomic E-state index is 13.2. The summed E-state index contributed by atoms with van der Waals surface area (Å²) in [4.78, 5) is 14.4. The highest BCUT2D eigenvalue weighted by Crippen LogP contribution is 2.25. The summed E-state index contributed by atoms with van der Waals surface area (Å²) in [5, 5.41) is 0.699. The predicted octanol–water partition coefficient (Wildman–Crippen LogP) is 3.93. The van der Waals surface area contributed by atoms with Gasteiger partial charge < -0.3 is 9.30 Å². The number of aromatic nitrogens is 1. The van der Waals surface area contributed by atoms with Crippen molar-refractivity contribution in [2.75, 3.05) is 19.7 Å². The van der Waals surface area contributed by atoms with Gasteiger partial charge >= 0.3 is 0 Å². The predicted molar refractivity (Wildman–Crippen MR) is 103 cm³/mol. The molecule has 1 aliphatic heterocycles. The Morgan fingerprint density at radius 2 is 1.96 bits per heavy atom. The largest absolute Gasteiger partial charge is 0.371 e. The van der Waals surface area contributed by atoms with Crippen LogP contribution in [-0.2, 0) is 11.4 Å². The molecule has 2 heterocycles. The monoisotopic (exact) mass is 416 g/mol. The van der Waals surface area contributed by atoms with E-state index in [2.05, 4.69) is 25.4 Å². The Morgan fingerprint density at radius 3 is 2.77 bits per heavy atom. The quantitative estimate of drug-likeness (QED) is 0.648. The fourth-order valence-electron chi connectivity index (χ4n) is 3.37. The minimum absolute atomic E-state index is 0.0173. The number of hydrogen-bond donors (Lipinski definition) is 0. The Kier molecular flexibility index (Phi) is 4.89. The van der Waals surface area contributed by atoms with Crippen molar-refractivity contribution < 1.29 is 9.13 Å². The van der Waals surface area contributed by atoms with E-state index in [0.717, 1.165) is 22.1 Å². The van der Waals surface area contributed by atoms with Crippen LogP contribution < -0.4 is 5.43 Å². The number of nitrogens with zero attached hydrogens (tertiary/aromatic N) is 2. The van der Waals surface area contributed by atoms with E-state index >= 15 is 0 Å². The average Bonchev–Trinajstić information content (AvgIpc) is 2.65. The molecule has 26 heavy (non-hydrogen) atoms. The summed E-state index contributed by atoms with van der Waals surface area (Å²) in [6.07, 6.45) is 1.75. The first-order valence-corrected chi connectivity index (χ1v) is 9.28. The summed E-state index contributed by atoms with van der Waals surface area (Å²) in [5.41, 5.74) is 1.88. The second-order valence-corrected chi connectivity index (χ2v) is 7.27. The molecule has 0 amide bonds. The standard InChI is InChI=1S/C20H18BrFN2O2/c21-17-3-1-2-16-18(25)8-9-24(20(16)17)13-23-10-11-26-19(12-23)14-4-6-15(22)7-5-14/h1-9,19H,10-13H2. The van der Waals surface area contributed by atoms with Gasteiger partial charge in [0.1, 0.15) is 5.82 Å². The van der Waals surface area contributed by atoms with Crippen LogP contribution in [0.3, 0.4) is 0 Å². The molecule has 1 saturated heterocycles. The number of ether oxygens (including phenoxy) is 1. The molecule has 134 valence electrons. The summed E-state index contributed by atoms with van der Waals surface area (Å²) >= 11 is 3.56. The van der Waals surface area contributed by atoms with E-state index in [4.69, 9.17) is 4.74 Å². The van der Waals surface area contributed by atoms with Crippen LogP contribution in [0.25, 0.3) is 10.9 Å². The lowest BCUT2D eigenvalue weighted by Crippen LogP contribution is -2.39. The third kappa shape index (κ3) is 3.45. The van der Waals surface area contributed by atoms with Crippen LogP contribution in [0.15, 0.2) is 64.0 Å². The summed E-state index contributed by atoms with van der Waals surface area (Å²) in [6.45, 7) is 2.78. The lowest BCUT2D eigenvalue weighted by Gasteiger charge is -2.34. The maximum absolute atomic E-state index is 13.2. The molecule has 2 aromatic carbocycles. The van der Waals surface area contributed by atoms with E-state index in [1.54, 1.807) is 18.2 Å². The number of hydrogen-bond acceptors (Lipinski definition) is 3. The zero-order valence-corrected chi connectivity index (χ0v) is 15.7. The molecule has 0 bridgehead atoms. The Hall–Kier alpha value is -2.02. The van der Waals surface area contributed by atoms with Gasteiger partial charge in [-0.25, -0.2) is 4.39 Å². The van der Waals surface area contributed by atoms with Gasteiger partial charge in [-0.2, -0.15) is 0 Å². The van der Waals surface area contributed by atoms with Crippen molar-refractivity contribution in [3.8, 4) is 0 Å². The summed E-state index contributed by atoms with van der Waals surface area (Å²) in [7, 11) is 0. The van der Waals surface area contributed by atoms with Crippen LogP contribution in [0, 0.1) is 5.82 Å². The number of benzene rings is 2. The smallest absolute Gasteiger partial charge is 0.189 e. The molecule has 0 aliphatic carbocycles. The van der Waals surface area contributed by atoms with Gasteiger partial charge in [0.25, 0.3) is 0 Å². The van der Waals surface area contributed by atoms with Gasteiger partial charge in [0.2, 0.25) is 0 Å². The van der Waals surface area contributed by atoms with Crippen molar-refractivity contribution in [1.82, 2.24) is 9.47 Å². The number of rotatable bonds is 3. The van der Waals surface area contributed by atoms with E-state index in [0.29, 0.717) is 25.2 Å². The molecule has 1 aliphatic rings. The normalized spacial score (nSPS) is 18.3. The molecule has 4 rings (SSSR count). The van der Waals surface area contributed by atoms with Crippen molar-refractivity contribution >= 4 is 26.8 Å². The minimum atomic E-state index is -0.244. The van der Waals surface area contributed by atoms with Crippen LogP contribution in [0.4, 0.5) is 4.39 Å². The zero-order valence-electron chi connectivity index (χ0n) is 14.1. The van der Waals surface area contributed by atoms with Gasteiger partial charge in [-0.3, -0.25) is 9.69 Å². The van der Waals surface area contributed by atoms with Crippen LogP contribution >= 0.6 is 15.9 Å². The number of halogens is 2. The highest BCUT2D eigenvalue weighted by molar-refractivity contribution is 9.10. The fourth-order valence-corrected chi connectivity index (χ4v) is 3.97. The Labute approximate surface area is 158 Å². The Morgan fingerprint density at radius 1 is 1.15 bits per heavy atom. The van der Waals surface area contributed by atoms with Gasteiger partial charge in [0.15, 0.2) is 5.43 Å². The van der Waals surface area contributed by atoms with Crippen LogP contribution in [0.2, 0.25) is 0 Å². The highest BCUT2D eigenvalue weighted by atomic mass is 79.9. The second kappa shape index (κ2) is 7.31. The van der Waals surface area contributed by atoms with Crippen molar-refractivity contribution in [3.05, 3.63) is 80.8 Å². The van der Waals surface area contributed by atoms with E-state index in [9.17, 15) is 9.18 Å². The lowest BCUT2D eigenvalue weighted by atomic mass is 10.1. The summed E-state index contributed by atoms with van der Waals surface area (Å²) in [5.74, 6) is -0.244. The summed E-state index contributed by atoms with van der Waals surface area (Å²) in [6, 6.07) is 13.7. The van der Waals surface area contributed by atoms with Crippen LogP contribution in [0.5, 0.6) is 0 Å². The topological polar surface area (TPSA) is 34.5 Å². The van der Waals surface area contributed by atoms with E-state index < -0.39 is 0 Å². The number of pyridine rings is 1. The second-order valence-electron chi connectivity index (χ2n) is 6.42. The van der Waals surface area contributed by atoms with E-state index in [1.807, 2.05) is 24.4 Å². The molecular weight excluding hydrogens is 399 g/mol. The molecule has 4 nitrogen and oxygen atoms in total. The number of morpholine rings is 1. The van der Waals surface area contributed by atoms with Gasteiger partial charge in [0, 0.05) is 35.2 Å². The zero-order chi connectivity index (χ0) is 18.1. The van der Waals surface area contributed by atoms with Crippen molar-refractivity contribution in [1.29, 1.82) is 0 Å². The van der Waals surface area contributed by atoms with Crippen LogP contribution in [0.1, 0.15) is 11.7 Å². The Balaban J connectivity index is 1.59. The molecule has 1 fully saturated rings. The molecule has 1 unspecified atom stereocenters. The van der Waals surface area contributed by atoms with Gasteiger partial charge in [-0.05, 0) is 45.8 Å². The Bertz CT molecular complexity index is 987. The molecule has 3 aromatic rings. The molecule has 0 radical (unpaired) electrons. The van der Waals surface area contributed by atoms with Crippen LogP contribution in [-0.4, -0.2) is 29.2 Å². The SMILES string of the molecule is O=c1ccn(CN2CCOC(c3ccc(F)cc3)C2)c2c(Br)cccc12. The van der Waals surface area contributed by atoms with Crippen molar-refractivity contribution in [3.63, 3.8) is 0 Å². The summed E-state index contributed by atoms with van der Waals surface area (Å²) < 4.78 is 22.0. The molecular formula is C20H18BrFN2O2. The minimum Gasteiger partial charge on any atom is -0.371 e. The van der Waals surface area contributed by atoms with Gasteiger partial charge in [0.05, 0.1) is 24.9 Å². The fraction of sp³-hybridized carbons (Fsp3) is 0.250. The first kappa shape index (κ1) is 17.4.